The Hall–Kier alpha value is -2.80. The third kappa shape index (κ3) is 3.57. The zero-order chi connectivity index (χ0) is 18.9. The Bertz CT molecular complexity index is 958. The molecule has 2 aromatic carbocycles. The summed E-state index contributed by atoms with van der Waals surface area (Å²) in [5.41, 5.74) is 5.76. The summed E-state index contributed by atoms with van der Waals surface area (Å²) in [6.07, 6.45) is -2.91. The number of alkyl halides is 3. The number of hydrogen-bond acceptors (Lipinski definition) is 2. The van der Waals surface area contributed by atoms with Gasteiger partial charge in [-0.25, -0.2) is 9.78 Å². The number of nitrogens with two attached hydrogens (primary N) is 1. The van der Waals surface area contributed by atoms with Gasteiger partial charge in [0.1, 0.15) is 5.15 Å². The monoisotopic (exact) mass is 379 g/mol. The molecule has 26 heavy (non-hydrogen) atoms. The number of aromatic nitrogens is 1. The van der Waals surface area contributed by atoms with Crippen LogP contribution in [0, 0.1) is 0 Å². The molecule has 0 saturated heterocycles. The van der Waals surface area contributed by atoms with E-state index in [-0.39, 0.29) is 11.7 Å². The second kappa shape index (κ2) is 6.84. The van der Waals surface area contributed by atoms with Crippen LogP contribution in [0.3, 0.4) is 0 Å². The zero-order valence-corrected chi connectivity index (χ0v) is 14.1. The van der Waals surface area contributed by atoms with Gasteiger partial charge in [-0.1, -0.05) is 35.9 Å². The average Bonchev–Trinajstić information content (AvgIpc) is 2.59. The highest BCUT2D eigenvalue weighted by Crippen LogP contribution is 2.32. The lowest BCUT2D eigenvalue weighted by Crippen LogP contribution is -2.35. The molecule has 1 heterocycles. The van der Waals surface area contributed by atoms with E-state index in [0.29, 0.717) is 22.0 Å². The first kappa shape index (κ1) is 18.0. The molecule has 0 atom stereocenters. The number of halogens is 4. The number of anilines is 1. The normalized spacial score (nSPS) is 11.5. The molecule has 1 aromatic heterocycles. The van der Waals surface area contributed by atoms with Crippen LogP contribution in [0.25, 0.3) is 10.8 Å². The summed E-state index contributed by atoms with van der Waals surface area (Å²) in [4.78, 5) is 17.3. The van der Waals surface area contributed by atoms with E-state index in [0.717, 1.165) is 12.1 Å². The number of pyridine rings is 1. The molecule has 0 saturated carbocycles. The lowest BCUT2D eigenvalue weighted by Gasteiger charge is -2.22. The highest BCUT2D eigenvalue weighted by Gasteiger charge is 2.30. The predicted octanol–water partition coefficient (Wildman–Crippen LogP) is 4.99. The van der Waals surface area contributed by atoms with Crippen molar-refractivity contribution in [1.82, 2.24) is 4.98 Å². The standard InChI is InChI=1S/C18H13ClF3N3O/c19-16-14-2-1-3-15(13(14)8-9-24-16)25(17(23)26)10-11-4-6-12(7-5-11)18(20,21)22/h1-9H,10H2,(H2,23,26). The maximum Gasteiger partial charge on any atom is 0.416 e. The van der Waals surface area contributed by atoms with E-state index < -0.39 is 17.8 Å². The molecule has 0 spiro atoms. The number of rotatable bonds is 3. The van der Waals surface area contributed by atoms with Gasteiger partial charge in [0.15, 0.2) is 0 Å². The maximum absolute atomic E-state index is 12.7. The maximum atomic E-state index is 12.7. The minimum atomic E-state index is -4.42. The number of amides is 2. The van der Waals surface area contributed by atoms with E-state index in [1.807, 2.05) is 0 Å². The molecular weight excluding hydrogens is 367 g/mol. The minimum absolute atomic E-state index is 0.0204. The number of urea groups is 1. The lowest BCUT2D eigenvalue weighted by molar-refractivity contribution is -0.137. The molecule has 3 rings (SSSR count). The summed E-state index contributed by atoms with van der Waals surface area (Å²) >= 11 is 6.08. The number of nitrogens with zero attached hydrogens (tertiary/aromatic N) is 2. The van der Waals surface area contributed by atoms with Gasteiger partial charge in [0.25, 0.3) is 0 Å². The van der Waals surface area contributed by atoms with Crippen molar-refractivity contribution in [3.05, 3.63) is 71.0 Å². The highest BCUT2D eigenvalue weighted by molar-refractivity contribution is 6.34. The predicted molar refractivity (Wildman–Crippen MR) is 94.0 cm³/mol. The Labute approximate surface area is 152 Å². The molecule has 3 aromatic rings. The lowest BCUT2D eigenvalue weighted by atomic mass is 10.1. The van der Waals surface area contributed by atoms with Crippen LogP contribution in [0.5, 0.6) is 0 Å². The quantitative estimate of drug-likeness (QED) is 0.651. The van der Waals surface area contributed by atoms with Crippen molar-refractivity contribution in [2.24, 2.45) is 5.73 Å². The van der Waals surface area contributed by atoms with E-state index >= 15 is 0 Å². The van der Waals surface area contributed by atoms with E-state index in [9.17, 15) is 18.0 Å². The molecule has 2 N–H and O–H groups in total. The van der Waals surface area contributed by atoms with Gasteiger partial charge in [-0.3, -0.25) is 4.90 Å². The summed E-state index contributed by atoms with van der Waals surface area (Å²) in [7, 11) is 0. The third-order valence-electron chi connectivity index (χ3n) is 3.91. The van der Waals surface area contributed by atoms with Crippen molar-refractivity contribution in [1.29, 1.82) is 0 Å². The Balaban J connectivity index is 1.99. The van der Waals surface area contributed by atoms with Crippen molar-refractivity contribution in [2.45, 2.75) is 12.7 Å². The van der Waals surface area contributed by atoms with Gasteiger partial charge < -0.3 is 5.73 Å². The van der Waals surface area contributed by atoms with E-state index in [4.69, 9.17) is 17.3 Å². The van der Waals surface area contributed by atoms with Crippen LogP contribution in [0.2, 0.25) is 5.15 Å². The van der Waals surface area contributed by atoms with Gasteiger partial charge in [0, 0.05) is 17.0 Å². The fraction of sp³-hybridized carbons (Fsp3) is 0.111. The van der Waals surface area contributed by atoms with Crippen LogP contribution in [-0.2, 0) is 12.7 Å². The van der Waals surface area contributed by atoms with Gasteiger partial charge in [0.05, 0.1) is 17.8 Å². The summed E-state index contributed by atoms with van der Waals surface area (Å²) in [5, 5.41) is 1.59. The van der Waals surface area contributed by atoms with Gasteiger partial charge in [-0.05, 0) is 29.8 Å². The molecule has 0 bridgehead atoms. The first-order valence-corrected chi connectivity index (χ1v) is 7.91. The van der Waals surface area contributed by atoms with Crippen LogP contribution in [0.15, 0.2) is 54.7 Å². The van der Waals surface area contributed by atoms with Gasteiger partial charge >= 0.3 is 12.2 Å². The fourth-order valence-electron chi connectivity index (χ4n) is 2.65. The molecule has 134 valence electrons. The third-order valence-corrected chi connectivity index (χ3v) is 4.21. The Morgan fingerprint density at radius 2 is 1.77 bits per heavy atom. The van der Waals surface area contributed by atoms with Crippen LogP contribution < -0.4 is 10.6 Å². The number of carbonyl (C=O) groups is 1. The smallest absolute Gasteiger partial charge is 0.351 e. The molecule has 2 amide bonds. The Morgan fingerprint density at radius 3 is 2.38 bits per heavy atom. The first-order chi connectivity index (χ1) is 12.3. The van der Waals surface area contributed by atoms with Gasteiger partial charge in [-0.2, -0.15) is 13.2 Å². The van der Waals surface area contributed by atoms with Crippen molar-refractivity contribution in [3.8, 4) is 0 Å². The number of fused-ring (bicyclic) bond motifs is 1. The number of carbonyl (C=O) groups excluding carboxylic acids is 1. The van der Waals surface area contributed by atoms with E-state index in [1.54, 1.807) is 24.3 Å². The average molecular weight is 380 g/mol. The van der Waals surface area contributed by atoms with Gasteiger partial charge in [-0.15, -0.1) is 0 Å². The second-order valence-electron chi connectivity index (χ2n) is 5.59. The van der Waals surface area contributed by atoms with Crippen LogP contribution >= 0.6 is 11.6 Å². The molecule has 0 fully saturated rings. The van der Waals surface area contributed by atoms with Crippen molar-refractivity contribution in [3.63, 3.8) is 0 Å². The topological polar surface area (TPSA) is 59.2 Å². The molecule has 0 aliphatic carbocycles. The molecule has 4 nitrogen and oxygen atoms in total. The van der Waals surface area contributed by atoms with Crippen LogP contribution in [-0.4, -0.2) is 11.0 Å². The Kier molecular flexibility index (Phi) is 4.73. The highest BCUT2D eigenvalue weighted by atomic mass is 35.5. The van der Waals surface area contributed by atoms with Crippen LogP contribution in [0.1, 0.15) is 11.1 Å². The minimum Gasteiger partial charge on any atom is -0.351 e. The molecular formula is C18H13ClF3N3O. The number of benzene rings is 2. The number of hydrogen-bond donors (Lipinski definition) is 1. The summed E-state index contributed by atoms with van der Waals surface area (Å²) in [5.74, 6) is 0. The van der Waals surface area contributed by atoms with E-state index in [1.165, 1.54) is 23.2 Å². The van der Waals surface area contributed by atoms with Crippen molar-refractivity contribution < 1.29 is 18.0 Å². The number of primary amides is 1. The van der Waals surface area contributed by atoms with Crippen molar-refractivity contribution in [2.75, 3.05) is 4.90 Å². The molecule has 8 heteroatoms. The summed E-state index contributed by atoms with van der Waals surface area (Å²) in [6.45, 7) is 0.0204. The summed E-state index contributed by atoms with van der Waals surface area (Å²) in [6, 6.07) is 10.7. The summed E-state index contributed by atoms with van der Waals surface area (Å²) < 4.78 is 38.1. The zero-order valence-electron chi connectivity index (χ0n) is 13.3. The van der Waals surface area contributed by atoms with Gasteiger partial charge in [0.2, 0.25) is 0 Å². The molecule has 0 aliphatic rings. The van der Waals surface area contributed by atoms with Crippen molar-refractivity contribution >= 4 is 34.1 Å². The molecule has 0 aliphatic heterocycles. The largest absolute Gasteiger partial charge is 0.416 e. The SMILES string of the molecule is NC(=O)N(Cc1ccc(C(F)(F)F)cc1)c1cccc2c(Cl)nccc12. The fourth-order valence-corrected chi connectivity index (χ4v) is 2.87. The molecule has 0 radical (unpaired) electrons. The van der Waals surface area contributed by atoms with E-state index in [2.05, 4.69) is 4.98 Å². The Morgan fingerprint density at radius 1 is 1.08 bits per heavy atom. The first-order valence-electron chi connectivity index (χ1n) is 7.53. The second-order valence-corrected chi connectivity index (χ2v) is 5.95. The molecule has 0 unspecified atom stereocenters. The van der Waals surface area contributed by atoms with Crippen LogP contribution in [0.4, 0.5) is 23.7 Å².